The molecule has 0 heterocycles. The topological polar surface area (TPSA) is 0 Å². The molecule has 0 fully saturated rings. The third-order valence-corrected chi connectivity index (χ3v) is 5.02. The van der Waals surface area contributed by atoms with Crippen LogP contribution in [-0.2, 0) is 0 Å². The summed E-state index contributed by atoms with van der Waals surface area (Å²) in [5.74, 6) is 0. The molecule has 0 spiro atoms. The lowest BCUT2D eigenvalue weighted by Crippen LogP contribution is -1.84. The molecule has 0 aliphatic carbocycles. The van der Waals surface area contributed by atoms with Gasteiger partial charge in [0.15, 0.2) is 0 Å². The standard InChI is InChI=1S/C23H47/c1-3-5-7-9-11-13-15-17-19-21-23-22-20-18-16-14-12-10-8-6-4-2/h11H,3-10,12-23H2,1-2H3. The first-order valence-electron chi connectivity index (χ1n) is 11.2. The minimum absolute atomic E-state index is 1.35. The van der Waals surface area contributed by atoms with Gasteiger partial charge in [-0.05, 0) is 6.42 Å². The molecule has 0 aromatic heterocycles. The van der Waals surface area contributed by atoms with Gasteiger partial charge in [0, 0.05) is 0 Å². The second-order valence-electron chi connectivity index (χ2n) is 7.52. The molecule has 0 heteroatoms. The van der Waals surface area contributed by atoms with Crippen LogP contribution in [-0.4, -0.2) is 0 Å². The molecule has 0 bridgehead atoms. The van der Waals surface area contributed by atoms with E-state index in [-0.39, 0.29) is 0 Å². The number of unbranched alkanes of at least 4 members (excludes halogenated alkanes) is 20. The van der Waals surface area contributed by atoms with Crippen molar-refractivity contribution in [1.82, 2.24) is 0 Å². The van der Waals surface area contributed by atoms with E-state index in [1.807, 2.05) is 0 Å². The van der Waals surface area contributed by atoms with Crippen molar-refractivity contribution in [3.63, 3.8) is 0 Å². The summed E-state index contributed by atoms with van der Waals surface area (Å²) in [5, 5.41) is 0. The largest absolute Gasteiger partial charge is 0.0654 e. The minimum Gasteiger partial charge on any atom is -0.0654 e. The lowest BCUT2D eigenvalue weighted by Gasteiger charge is -2.03. The van der Waals surface area contributed by atoms with Crippen LogP contribution in [0.5, 0.6) is 0 Å². The Morgan fingerprint density at radius 3 is 1.00 bits per heavy atom. The first-order chi connectivity index (χ1) is 11.4. The number of hydrogen-bond donors (Lipinski definition) is 0. The van der Waals surface area contributed by atoms with Crippen LogP contribution in [0, 0.1) is 6.42 Å². The molecular weight excluding hydrogens is 276 g/mol. The summed E-state index contributed by atoms with van der Waals surface area (Å²) in [6.07, 6.45) is 31.4. The second kappa shape index (κ2) is 22.0. The van der Waals surface area contributed by atoms with Crippen molar-refractivity contribution in [1.29, 1.82) is 0 Å². The SMILES string of the molecule is CCCCC[CH]CCCCCCCCCCCCCCCCC. The smallest absolute Gasteiger partial charge is 0.0386 e. The highest BCUT2D eigenvalue weighted by Crippen LogP contribution is 2.14. The van der Waals surface area contributed by atoms with Gasteiger partial charge in [-0.3, -0.25) is 0 Å². The van der Waals surface area contributed by atoms with E-state index in [1.165, 1.54) is 128 Å². The molecule has 0 amide bonds. The Labute approximate surface area is 149 Å². The molecule has 0 saturated carbocycles. The van der Waals surface area contributed by atoms with Crippen LogP contribution in [0.25, 0.3) is 0 Å². The van der Waals surface area contributed by atoms with E-state index >= 15 is 0 Å². The predicted octanol–water partition coefficient (Wildman–Crippen LogP) is 9.03. The van der Waals surface area contributed by atoms with Gasteiger partial charge < -0.3 is 0 Å². The van der Waals surface area contributed by atoms with E-state index in [0.717, 1.165) is 0 Å². The van der Waals surface area contributed by atoms with E-state index in [1.54, 1.807) is 0 Å². The maximum absolute atomic E-state index is 2.53. The van der Waals surface area contributed by atoms with Crippen LogP contribution < -0.4 is 0 Å². The van der Waals surface area contributed by atoms with Crippen LogP contribution in [0.15, 0.2) is 0 Å². The zero-order valence-corrected chi connectivity index (χ0v) is 16.7. The van der Waals surface area contributed by atoms with Gasteiger partial charge >= 0.3 is 0 Å². The van der Waals surface area contributed by atoms with Gasteiger partial charge in [-0.15, -0.1) is 0 Å². The van der Waals surface area contributed by atoms with Crippen LogP contribution >= 0.6 is 0 Å². The van der Waals surface area contributed by atoms with Crippen molar-refractivity contribution >= 4 is 0 Å². The molecule has 0 aliphatic heterocycles. The maximum atomic E-state index is 2.53. The monoisotopic (exact) mass is 323 g/mol. The molecule has 139 valence electrons. The normalized spacial score (nSPS) is 11.2. The zero-order chi connectivity index (χ0) is 16.8. The molecule has 0 aliphatic rings. The van der Waals surface area contributed by atoms with E-state index < -0.39 is 0 Å². The highest BCUT2D eigenvalue weighted by molar-refractivity contribution is 4.64. The molecule has 0 N–H and O–H groups in total. The van der Waals surface area contributed by atoms with Gasteiger partial charge in [0.1, 0.15) is 0 Å². The summed E-state index contributed by atoms with van der Waals surface area (Å²) >= 11 is 0. The quantitative estimate of drug-likeness (QED) is 0.196. The number of rotatable bonds is 20. The number of hydrogen-bond acceptors (Lipinski definition) is 0. The molecule has 0 aromatic carbocycles. The Balaban J connectivity index is 2.92. The Morgan fingerprint density at radius 1 is 0.348 bits per heavy atom. The van der Waals surface area contributed by atoms with Crippen molar-refractivity contribution in [2.24, 2.45) is 0 Å². The van der Waals surface area contributed by atoms with E-state index in [9.17, 15) is 0 Å². The third-order valence-electron chi connectivity index (χ3n) is 5.02. The van der Waals surface area contributed by atoms with Crippen LogP contribution in [0.4, 0.5) is 0 Å². The fourth-order valence-corrected chi connectivity index (χ4v) is 3.34. The molecule has 0 rings (SSSR count). The second-order valence-corrected chi connectivity index (χ2v) is 7.52. The van der Waals surface area contributed by atoms with Gasteiger partial charge in [0.05, 0.1) is 0 Å². The van der Waals surface area contributed by atoms with Crippen molar-refractivity contribution < 1.29 is 0 Å². The molecule has 23 heavy (non-hydrogen) atoms. The first-order valence-corrected chi connectivity index (χ1v) is 11.2. The summed E-state index contributed by atoms with van der Waals surface area (Å²) in [6, 6.07) is 0. The van der Waals surface area contributed by atoms with Crippen molar-refractivity contribution in [3.05, 3.63) is 6.42 Å². The Hall–Kier alpha value is 0. The maximum Gasteiger partial charge on any atom is -0.0386 e. The van der Waals surface area contributed by atoms with Crippen molar-refractivity contribution in [2.45, 2.75) is 142 Å². The van der Waals surface area contributed by atoms with Gasteiger partial charge in [0.25, 0.3) is 0 Å². The fraction of sp³-hybridized carbons (Fsp3) is 0.957. The minimum atomic E-state index is 1.35. The molecule has 0 aromatic rings. The van der Waals surface area contributed by atoms with E-state index in [0.29, 0.717) is 0 Å². The molecular formula is C23H47. The van der Waals surface area contributed by atoms with Gasteiger partial charge in [-0.25, -0.2) is 0 Å². The molecule has 0 unspecified atom stereocenters. The third kappa shape index (κ3) is 22.0. The van der Waals surface area contributed by atoms with E-state index in [2.05, 4.69) is 20.3 Å². The van der Waals surface area contributed by atoms with Crippen LogP contribution in [0.3, 0.4) is 0 Å². The Bertz CT molecular complexity index is 164. The summed E-state index contributed by atoms with van der Waals surface area (Å²) in [5.41, 5.74) is 0. The molecule has 0 nitrogen and oxygen atoms in total. The average Bonchev–Trinajstić information content (AvgIpc) is 2.57. The zero-order valence-electron chi connectivity index (χ0n) is 16.7. The van der Waals surface area contributed by atoms with Crippen molar-refractivity contribution in [2.75, 3.05) is 0 Å². The summed E-state index contributed by atoms with van der Waals surface area (Å²) in [4.78, 5) is 0. The summed E-state index contributed by atoms with van der Waals surface area (Å²) in [7, 11) is 0. The molecule has 0 atom stereocenters. The predicted molar refractivity (Wildman–Crippen MR) is 108 cm³/mol. The fourth-order valence-electron chi connectivity index (χ4n) is 3.34. The Kier molecular flexibility index (Phi) is 22.0. The van der Waals surface area contributed by atoms with E-state index in [4.69, 9.17) is 0 Å². The summed E-state index contributed by atoms with van der Waals surface area (Å²) < 4.78 is 0. The summed E-state index contributed by atoms with van der Waals surface area (Å²) in [6.45, 7) is 4.59. The van der Waals surface area contributed by atoms with Crippen molar-refractivity contribution in [3.8, 4) is 0 Å². The lowest BCUT2D eigenvalue weighted by molar-refractivity contribution is 0.531. The van der Waals surface area contributed by atoms with Gasteiger partial charge in [0.2, 0.25) is 0 Å². The highest BCUT2D eigenvalue weighted by Gasteiger charge is 1.95. The van der Waals surface area contributed by atoms with Gasteiger partial charge in [-0.2, -0.15) is 0 Å². The molecule has 0 saturated heterocycles. The highest BCUT2D eigenvalue weighted by atomic mass is 14.0. The molecule has 1 radical (unpaired) electrons. The lowest BCUT2D eigenvalue weighted by atomic mass is 10.0. The van der Waals surface area contributed by atoms with Crippen LogP contribution in [0.2, 0.25) is 0 Å². The first kappa shape index (κ1) is 23.0. The Morgan fingerprint density at radius 2 is 0.609 bits per heavy atom. The average molecular weight is 324 g/mol. The van der Waals surface area contributed by atoms with Gasteiger partial charge in [-0.1, -0.05) is 142 Å². The van der Waals surface area contributed by atoms with Crippen LogP contribution in [0.1, 0.15) is 142 Å².